The van der Waals surface area contributed by atoms with Crippen molar-refractivity contribution in [3.05, 3.63) is 29.6 Å². The molecule has 0 radical (unpaired) electrons. The zero-order chi connectivity index (χ0) is 13.0. The number of anilines is 1. The Balaban J connectivity index is 1.82. The average molecular weight is 250 g/mol. The first-order chi connectivity index (χ1) is 8.63. The van der Waals surface area contributed by atoms with Gasteiger partial charge in [0, 0.05) is 18.2 Å². The van der Waals surface area contributed by atoms with Crippen molar-refractivity contribution in [1.82, 2.24) is 5.32 Å². The van der Waals surface area contributed by atoms with Crippen LogP contribution in [-0.2, 0) is 4.79 Å². The number of amides is 1. The number of carbonyl (C=O) groups is 1. The van der Waals surface area contributed by atoms with E-state index in [1.165, 1.54) is 18.6 Å². The zero-order valence-electron chi connectivity index (χ0n) is 10.6. The Morgan fingerprint density at radius 2 is 2.33 bits per heavy atom. The van der Waals surface area contributed by atoms with Gasteiger partial charge in [-0.3, -0.25) is 4.79 Å². The van der Waals surface area contributed by atoms with Crippen molar-refractivity contribution in [1.29, 1.82) is 0 Å². The van der Waals surface area contributed by atoms with Gasteiger partial charge in [0.05, 0.1) is 0 Å². The molecule has 0 aromatic heterocycles. The molecule has 1 fully saturated rings. The number of aryl methyl sites for hydroxylation is 1. The van der Waals surface area contributed by atoms with Crippen LogP contribution in [0.2, 0.25) is 0 Å². The lowest BCUT2D eigenvalue weighted by Crippen LogP contribution is -2.23. The molecule has 1 unspecified atom stereocenters. The topological polar surface area (TPSA) is 41.1 Å². The van der Waals surface area contributed by atoms with Crippen LogP contribution in [0, 0.1) is 12.7 Å². The van der Waals surface area contributed by atoms with Gasteiger partial charge in [-0.15, -0.1) is 0 Å². The van der Waals surface area contributed by atoms with Gasteiger partial charge in [0.1, 0.15) is 5.82 Å². The number of benzene rings is 1. The molecular formula is C14H19FN2O. The lowest BCUT2D eigenvalue weighted by molar-refractivity contribution is -0.116. The molecule has 2 N–H and O–H groups in total. The minimum atomic E-state index is -0.317. The molecule has 0 spiro atoms. The predicted molar refractivity (Wildman–Crippen MR) is 70.0 cm³/mol. The monoisotopic (exact) mass is 250 g/mol. The third-order valence-corrected chi connectivity index (χ3v) is 3.21. The van der Waals surface area contributed by atoms with Crippen molar-refractivity contribution in [3.8, 4) is 0 Å². The maximum Gasteiger partial charge on any atom is 0.224 e. The van der Waals surface area contributed by atoms with E-state index in [-0.39, 0.29) is 11.7 Å². The van der Waals surface area contributed by atoms with Gasteiger partial charge in [-0.2, -0.15) is 0 Å². The fourth-order valence-electron chi connectivity index (χ4n) is 2.34. The molecule has 2 rings (SSSR count). The maximum absolute atomic E-state index is 13.1. The van der Waals surface area contributed by atoms with Gasteiger partial charge in [-0.05, 0) is 56.5 Å². The summed E-state index contributed by atoms with van der Waals surface area (Å²) in [6, 6.07) is 5.02. The van der Waals surface area contributed by atoms with E-state index in [4.69, 9.17) is 0 Å². The Morgan fingerprint density at radius 1 is 1.50 bits per heavy atom. The molecule has 1 saturated heterocycles. The molecule has 0 bridgehead atoms. The molecule has 1 aliphatic rings. The highest BCUT2D eigenvalue weighted by Gasteiger charge is 2.15. The highest BCUT2D eigenvalue weighted by Crippen LogP contribution is 2.15. The minimum absolute atomic E-state index is 0.0475. The first kappa shape index (κ1) is 13.0. The second kappa shape index (κ2) is 5.96. The first-order valence-electron chi connectivity index (χ1n) is 6.44. The Bertz CT molecular complexity index is 408. The van der Waals surface area contributed by atoms with Crippen LogP contribution < -0.4 is 10.6 Å². The van der Waals surface area contributed by atoms with E-state index in [1.807, 2.05) is 0 Å². The normalized spacial score (nSPS) is 18.9. The summed E-state index contributed by atoms with van der Waals surface area (Å²) in [5, 5.41) is 6.09. The van der Waals surface area contributed by atoms with Crippen LogP contribution in [0.15, 0.2) is 18.2 Å². The first-order valence-corrected chi connectivity index (χ1v) is 6.44. The van der Waals surface area contributed by atoms with Crippen molar-refractivity contribution in [2.45, 2.75) is 38.6 Å². The molecular weight excluding hydrogens is 231 g/mol. The standard InChI is InChI=1S/C14H19FN2O/c1-10-7-11(15)9-13(8-10)17-14(18)5-4-12-3-2-6-16-12/h7-9,12,16H,2-6H2,1H3,(H,17,18). The zero-order valence-corrected chi connectivity index (χ0v) is 10.6. The van der Waals surface area contributed by atoms with Crippen LogP contribution in [0.25, 0.3) is 0 Å². The summed E-state index contributed by atoms with van der Waals surface area (Å²) >= 11 is 0. The molecule has 0 saturated carbocycles. The average Bonchev–Trinajstić information content (AvgIpc) is 2.77. The van der Waals surface area contributed by atoms with Crippen molar-refractivity contribution in [2.75, 3.05) is 11.9 Å². The van der Waals surface area contributed by atoms with Crippen LogP contribution in [0.5, 0.6) is 0 Å². The van der Waals surface area contributed by atoms with E-state index >= 15 is 0 Å². The molecule has 4 heteroatoms. The van der Waals surface area contributed by atoms with Gasteiger partial charge in [-0.1, -0.05) is 0 Å². The van der Waals surface area contributed by atoms with Gasteiger partial charge in [0.2, 0.25) is 5.91 Å². The summed E-state index contributed by atoms with van der Waals surface area (Å²) < 4.78 is 13.1. The van der Waals surface area contributed by atoms with Crippen LogP contribution in [0.4, 0.5) is 10.1 Å². The second-order valence-electron chi connectivity index (χ2n) is 4.90. The summed E-state index contributed by atoms with van der Waals surface area (Å²) in [4.78, 5) is 11.7. The number of nitrogens with one attached hydrogen (secondary N) is 2. The lowest BCUT2D eigenvalue weighted by atomic mass is 10.1. The van der Waals surface area contributed by atoms with E-state index in [2.05, 4.69) is 10.6 Å². The van der Waals surface area contributed by atoms with Crippen LogP contribution >= 0.6 is 0 Å². The molecule has 18 heavy (non-hydrogen) atoms. The summed E-state index contributed by atoms with van der Waals surface area (Å²) in [6.45, 7) is 2.86. The van der Waals surface area contributed by atoms with E-state index in [0.717, 1.165) is 24.9 Å². The van der Waals surface area contributed by atoms with Crippen LogP contribution in [0.3, 0.4) is 0 Å². The highest BCUT2D eigenvalue weighted by atomic mass is 19.1. The third-order valence-electron chi connectivity index (χ3n) is 3.21. The quantitative estimate of drug-likeness (QED) is 0.862. The van der Waals surface area contributed by atoms with Gasteiger partial charge < -0.3 is 10.6 Å². The Hall–Kier alpha value is -1.42. The molecule has 1 heterocycles. The molecule has 1 aromatic carbocycles. The second-order valence-corrected chi connectivity index (χ2v) is 4.90. The molecule has 1 amide bonds. The number of halogens is 1. The summed E-state index contributed by atoms with van der Waals surface area (Å²) in [6.07, 6.45) is 3.66. The molecule has 1 aromatic rings. The molecule has 0 aliphatic carbocycles. The number of hydrogen-bond donors (Lipinski definition) is 2. The Labute approximate surface area is 107 Å². The van der Waals surface area contributed by atoms with E-state index in [0.29, 0.717) is 18.2 Å². The van der Waals surface area contributed by atoms with Gasteiger partial charge in [0.25, 0.3) is 0 Å². The largest absolute Gasteiger partial charge is 0.326 e. The highest BCUT2D eigenvalue weighted by molar-refractivity contribution is 5.90. The van der Waals surface area contributed by atoms with Gasteiger partial charge >= 0.3 is 0 Å². The van der Waals surface area contributed by atoms with Crippen molar-refractivity contribution in [2.24, 2.45) is 0 Å². The van der Waals surface area contributed by atoms with E-state index < -0.39 is 0 Å². The molecule has 1 aliphatic heterocycles. The fourth-order valence-corrected chi connectivity index (χ4v) is 2.34. The summed E-state index contributed by atoms with van der Waals surface area (Å²) in [7, 11) is 0. The molecule has 98 valence electrons. The SMILES string of the molecule is Cc1cc(F)cc(NC(=O)CCC2CCCN2)c1. The number of rotatable bonds is 4. The maximum atomic E-state index is 13.1. The van der Waals surface area contributed by atoms with Crippen LogP contribution in [-0.4, -0.2) is 18.5 Å². The Kier molecular flexibility index (Phi) is 4.31. The van der Waals surface area contributed by atoms with Crippen molar-refractivity contribution >= 4 is 11.6 Å². The van der Waals surface area contributed by atoms with Crippen molar-refractivity contribution in [3.63, 3.8) is 0 Å². The van der Waals surface area contributed by atoms with Crippen LogP contribution in [0.1, 0.15) is 31.2 Å². The van der Waals surface area contributed by atoms with Crippen molar-refractivity contribution < 1.29 is 9.18 Å². The fraction of sp³-hybridized carbons (Fsp3) is 0.500. The van der Waals surface area contributed by atoms with Gasteiger partial charge in [0.15, 0.2) is 0 Å². The third kappa shape index (κ3) is 3.81. The Morgan fingerprint density at radius 3 is 3.00 bits per heavy atom. The number of hydrogen-bond acceptors (Lipinski definition) is 2. The smallest absolute Gasteiger partial charge is 0.224 e. The minimum Gasteiger partial charge on any atom is -0.326 e. The summed E-state index contributed by atoms with van der Waals surface area (Å²) in [5.41, 5.74) is 1.35. The van der Waals surface area contributed by atoms with E-state index in [1.54, 1.807) is 13.0 Å². The van der Waals surface area contributed by atoms with Gasteiger partial charge in [-0.25, -0.2) is 4.39 Å². The molecule has 1 atom stereocenters. The predicted octanol–water partition coefficient (Wildman–Crippen LogP) is 2.60. The lowest BCUT2D eigenvalue weighted by Gasteiger charge is -2.10. The van der Waals surface area contributed by atoms with E-state index in [9.17, 15) is 9.18 Å². The number of carbonyl (C=O) groups excluding carboxylic acids is 1. The summed E-state index contributed by atoms with van der Waals surface area (Å²) in [5.74, 6) is -0.364. The molecule has 3 nitrogen and oxygen atoms in total.